The summed E-state index contributed by atoms with van der Waals surface area (Å²) in [6.45, 7) is 2.98. The monoisotopic (exact) mass is 343 g/mol. The minimum atomic E-state index is -0.340. The Labute approximate surface area is 145 Å². The molecule has 3 rings (SSSR count). The maximum atomic E-state index is 13.6. The van der Waals surface area contributed by atoms with Crippen LogP contribution >= 0.6 is 0 Å². The molecule has 0 atom stereocenters. The highest BCUT2D eigenvalue weighted by molar-refractivity contribution is 5.91. The van der Waals surface area contributed by atoms with E-state index >= 15 is 0 Å². The van der Waals surface area contributed by atoms with Gasteiger partial charge in [0.05, 0.1) is 12.5 Å². The quantitative estimate of drug-likeness (QED) is 0.693. The number of benzene rings is 1. The number of quaternary nitrogens is 1. The van der Waals surface area contributed by atoms with E-state index < -0.39 is 0 Å². The van der Waals surface area contributed by atoms with E-state index in [4.69, 9.17) is 8.83 Å². The zero-order valence-corrected chi connectivity index (χ0v) is 13.9. The van der Waals surface area contributed by atoms with E-state index in [1.807, 2.05) is 24.3 Å². The second-order valence-corrected chi connectivity index (χ2v) is 5.95. The van der Waals surface area contributed by atoms with Crippen LogP contribution in [0.3, 0.4) is 0 Å². The van der Waals surface area contributed by atoms with Crippen molar-refractivity contribution < 1.29 is 22.9 Å². The van der Waals surface area contributed by atoms with E-state index in [1.54, 1.807) is 31.6 Å². The fourth-order valence-corrected chi connectivity index (χ4v) is 2.61. The van der Waals surface area contributed by atoms with Gasteiger partial charge >= 0.3 is 0 Å². The molecule has 25 heavy (non-hydrogen) atoms. The highest BCUT2D eigenvalue weighted by Crippen LogP contribution is 2.13. The molecule has 0 aliphatic carbocycles. The summed E-state index contributed by atoms with van der Waals surface area (Å²) in [5.74, 6) is 1.04. The van der Waals surface area contributed by atoms with Gasteiger partial charge in [0.25, 0.3) is 5.91 Å². The van der Waals surface area contributed by atoms with Crippen molar-refractivity contribution >= 4 is 11.6 Å². The van der Waals surface area contributed by atoms with Gasteiger partial charge in [0.1, 0.15) is 18.9 Å². The van der Waals surface area contributed by atoms with Gasteiger partial charge in [-0.25, -0.2) is 4.39 Å². The molecule has 0 saturated heterocycles. The van der Waals surface area contributed by atoms with Gasteiger partial charge in [0.15, 0.2) is 18.1 Å². The fourth-order valence-electron chi connectivity index (χ4n) is 2.61. The molecule has 0 saturated carbocycles. The summed E-state index contributed by atoms with van der Waals surface area (Å²) >= 11 is 0. The van der Waals surface area contributed by atoms with Gasteiger partial charge in [-0.1, -0.05) is 6.07 Å². The van der Waals surface area contributed by atoms with Crippen LogP contribution in [-0.2, 0) is 17.9 Å². The van der Waals surface area contributed by atoms with Crippen molar-refractivity contribution in [2.45, 2.75) is 20.0 Å². The highest BCUT2D eigenvalue weighted by Gasteiger charge is 2.18. The van der Waals surface area contributed by atoms with Crippen molar-refractivity contribution in [3.05, 3.63) is 77.9 Å². The van der Waals surface area contributed by atoms with Crippen LogP contribution in [0.2, 0.25) is 0 Å². The third-order valence-corrected chi connectivity index (χ3v) is 3.87. The predicted octanol–water partition coefficient (Wildman–Crippen LogP) is 2.54. The number of amides is 1. The standard InChI is InChI=1S/C19H19FN2O3/c1-14-6-7-15(10-18(14)20)21-19(23)13-22(11-16-4-2-8-24-16)12-17-5-3-9-25-17/h2-10H,11-13H2,1H3,(H,21,23)/p+1. The summed E-state index contributed by atoms with van der Waals surface area (Å²) in [7, 11) is 0. The molecular formula is C19H20FN2O3+. The lowest BCUT2D eigenvalue weighted by atomic mass is 10.2. The maximum absolute atomic E-state index is 13.6. The van der Waals surface area contributed by atoms with Gasteiger partial charge in [-0.05, 0) is 48.9 Å². The zero-order valence-electron chi connectivity index (χ0n) is 13.9. The van der Waals surface area contributed by atoms with Gasteiger partial charge in [-0.15, -0.1) is 0 Å². The number of anilines is 1. The number of carbonyl (C=O) groups is 1. The molecule has 0 unspecified atom stereocenters. The summed E-state index contributed by atoms with van der Waals surface area (Å²) in [5, 5.41) is 2.74. The fraction of sp³-hybridized carbons (Fsp3) is 0.211. The number of nitrogens with one attached hydrogen (secondary N) is 2. The molecule has 0 spiro atoms. The van der Waals surface area contributed by atoms with E-state index in [0.29, 0.717) is 24.3 Å². The Morgan fingerprint density at radius 3 is 2.24 bits per heavy atom. The normalized spacial score (nSPS) is 11.0. The summed E-state index contributed by atoms with van der Waals surface area (Å²) in [4.78, 5) is 13.3. The van der Waals surface area contributed by atoms with Gasteiger partial charge in [0, 0.05) is 5.69 Å². The van der Waals surface area contributed by atoms with Crippen LogP contribution in [0.1, 0.15) is 17.1 Å². The van der Waals surface area contributed by atoms with E-state index in [9.17, 15) is 9.18 Å². The summed E-state index contributed by atoms with van der Waals surface area (Å²) < 4.78 is 24.4. The Bertz CT molecular complexity index is 777. The van der Waals surface area contributed by atoms with Crippen molar-refractivity contribution in [2.75, 3.05) is 11.9 Å². The molecule has 0 fully saturated rings. The van der Waals surface area contributed by atoms with Crippen LogP contribution in [0, 0.1) is 12.7 Å². The first-order valence-electron chi connectivity index (χ1n) is 8.04. The summed E-state index contributed by atoms with van der Waals surface area (Å²) in [6, 6.07) is 12.0. The number of rotatable bonds is 7. The molecule has 1 aromatic carbocycles. The van der Waals surface area contributed by atoms with E-state index in [1.165, 1.54) is 6.07 Å². The second kappa shape index (κ2) is 7.81. The second-order valence-electron chi connectivity index (χ2n) is 5.95. The maximum Gasteiger partial charge on any atom is 0.279 e. The summed E-state index contributed by atoms with van der Waals surface area (Å²) in [5.41, 5.74) is 0.990. The van der Waals surface area contributed by atoms with E-state index in [2.05, 4.69) is 5.32 Å². The smallest absolute Gasteiger partial charge is 0.279 e. The molecule has 6 heteroatoms. The van der Waals surface area contributed by atoms with Gasteiger partial charge < -0.3 is 19.1 Å². The minimum absolute atomic E-state index is 0.198. The third kappa shape index (κ3) is 4.81. The van der Waals surface area contributed by atoms with Crippen LogP contribution in [0.15, 0.2) is 63.8 Å². The number of aryl methyl sites for hydroxylation is 1. The Morgan fingerprint density at radius 2 is 1.72 bits per heavy atom. The molecule has 2 N–H and O–H groups in total. The molecule has 0 bridgehead atoms. The average Bonchev–Trinajstić information content (AvgIpc) is 3.25. The molecule has 130 valence electrons. The van der Waals surface area contributed by atoms with Gasteiger partial charge in [-0.3, -0.25) is 4.79 Å². The van der Waals surface area contributed by atoms with Crippen LogP contribution < -0.4 is 10.2 Å². The van der Waals surface area contributed by atoms with Crippen LogP contribution in [0.5, 0.6) is 0 Å². The van der Waals surface area contributed by atoms with Crippen molar-refractivity contribution in [3.8, 4) is 0 Å². The molecule has 0 radical (unpaired) electrons. The van der Waals surface area contributed by atoms with Crippen molar-refractivity contribution in [3.63, 3.8) is 0 Å². The van der Waals surface area contributed by atoms with Crippen molar-refractivity contribution in [1.29, 1.82) is 0 Å². The molecule has 2 aromatic heterocycles. The molecule has 5 nitrogen and oxygen atoms in total. The molecular weight excluding hydrogens is 323 g/mol. The lowest BCUT2D eigenvalue weighted by Gasteiger charge is -2.17. The minimum Gasteiger partial charge on any atom is -0.463 e. The van der Waals surface area contributed by atoms with E-state index in [-0.39, 0.29) is 18.3 Å². The SMILES string of the molecule is Cc1ccc(NC(=O)C[NH+](Cc2ccco2)Cc2ccco2)cc1F. The topological polar surface area (TPSA) is 59.8 Å². The predicted molar refractivity (Wildman–Crippen MR) is 90.4 cm³/mol. The zero-order chi connectivity index (χ0) is 17.6. The Hall–Kier alpha value is -2.86. The van der Waals surface area contributed by atoms with Crippen molar-refractivity contribution in [1.82, 2.24) is 0 Å². The first kappa shape index (κ1) is 17.0. The third-order valence-electron chi connectivity index (χ3n) is 3.87. The van der Waals surface area contributed by atoms with Crippen LogP contribution in [0.4, 0.5) is 10.1 Å². The van der Waals surface area contributed by atoms with Gasteiger partial charge in [0.2, 0.25) is 0 Å². The molecule has 0 aliphatic rings. The number of furan rings is 2. The Kier molecular flexibility index (Phi) is 5.30. The summed E-state index contributed by atoms with van der Waals surface area (Å²) in [6.07, 6.45) is 3.21. The molecule has 3 aromatic rings. The molecule has 2 heterocycles. The van der Waals surface area contributed by atoms with E-state index in [0.717, 1.165) is 16.4 Å². The molecule has 1 amide bonds. The first-order valence-corrected chi connectivity index (χ1v) is 8.04. The number of hydrogen-bond donors (Lipinski definition) is 2. The highest BCUT2D eigenvalue weighted by atomic mass is 19.1. The van der Waals surface area contributed by atoms with Crippen molar-refractivity contribution in [2.24, 2.45) is 0 Å². The number of halogens is 1. The first-order chi connectivity index (χ1) is 12.1. The average molecular weight is 343 g/mol. The van der Waals surface area contributed by atoms with Crippen LogP contribution in [0.25, 0.3) is 0 Å². The molecule has 0 aliphatic heterocycles. The number of hydrogen-bond acceptors (Lipinski definition) is 3. The lowest BCUT2D eigenvalue weighted by molar-refractivity contribution is -0.921. The van der Waals surface area contributed by atoms with Gasteiger partial charge in [-0.2, -0.15) is 0 Å². The largest absolute Gasteiger partial charge is 0.463 e. The Balaban J connectivity index is 1.65. The van der Waals surface area contributed by atoms with Crippen LogP contribution in [-0.4, -0.2) is 12.5 Å². The lowest BCUT2D eigenvalue weighted by Crippen LogP contribution is -3.10. The number of carbonyl (C=O) groups excluding carboxylic acids is 1. The Morgan fingerprint density at radius 1 is 1.08 bits per heavy atom.